The van der Waals surface area contributed by atoms with Gasteiger partial charge in [0, 0.05) is 11.3 Å². The second-order valence-electron chi connectivity index (χ2n) is 5.16. The van der Waals surface area contributed by atoms with Crippen LogP contribution in [0.5, 0.6) is 5.75 Å². The van der Waals surface area contributed by atoms with E-state index in [1.165, 1.54) is 12.1 Å². The third-order valence-electron chi connectivity index (χ3n) is 3.47. The fourth-order valence-electron chi connectivity index (χ4n) is 2.22. The predicted octanol–water partition coefficient (Wildman–Crippen LogP) is 5.45. The van der Waals surface area contributed by atoms with Gasteiger partial charge in [0.15, 0.2) is 0 Å². The Hall–Kier alpha value is -2.85. The lowest BCUT2D eigenvalue weighted by molar-refractivity contribution is 0.415. The van der Waals surface area contributed by atoms with Gasteiger partial charge in [-0.2, -0.15) is 0 Å². The molecule has 5 heteroatoms. The topological polar surface area (TPSA) is 33.6 Å². The first-order valence-electron chi connectivity index (χ1n) is 7.55. The van der Waals surface area contributed by atoms with Crippen molar-refractivity contribution < 1.29 is 9.13 Å². The summed E-state index contributed by atoms with van der Waals surface area (Å²) < 4.78 is 18.3. The number of anilines is 1. The predicted molar refractivity (Wildman–Crippen MR) is 103 cm³/mol. The third kappa shape index (κ3) is 5.06. The van der Waals surface area contributed by atoms with Gasteiger partial charge in [0.2, 0.25) is 0 Å². The van der Waals surface area contributed by atoms with E-state index in [1.54, 1.807) is 19.2 Å². The Morgan fingerprint density at radius 2 is 1.52 bits per heavy atom. The molecular formula is C20H18ClFN2O. The highest BCUT2D eigenvalue weighted by Gasteiger charge is 2.06. The van der Waals surface area contributed by atoms with Crippen LogP contribution in [-0.2, 0) is 0 Å². The molecular weight excluding hydrogens is 339 g/mol. The number of hydrogen-bond donors (Lipinski definition) is 1. The maximum atomic E-state index is 13.1. The van der Waals surface area contributed by atoms with E-state index in [2.05, 4.69) is 10.3 Å². The van der Waals surface area contributed by atoms with Crippen molar-refractivity contribution in [3.8, 4) is 5.75 Å². The molecule has 128 valence electrons. The number of rotatable bonds is 4. The maximum Gasteiger partial charge on any atom is 0.138 e. The van der Waals surface area contributed by atoms with E-state index >= 15 is 0 Å². The first-order valence-corrected chi connectivity index (χ1v) is 7.55. The van der Waals surface area contributed by atoms with Crippen molar-refractivity contribution in [1.82, 2.24) is 0 Å². The summed E-state index contributed by atoms with van der Waals surface area (Å²) in [5.41, 5.74) is 2.50. The molecule has 0 atom stereocenters. The first-order chi connectivity index (χ1) is 11.7. The van der Waals surface area contributed by atoms with Gasteiger partial charge in [0.1, 0.15) is 17.4 Å². The summed E-state index contributed by atoms with van der Waals surface area (Å²) in [5, 5.41) is 3.31. The number of methoxy groups -OCH3 is 1. The number of benzene rings is 3. The zero-order valence-corrected chi connectivity index (χ0v) is 14.5. The number of aliphatic imine (C=N–C) groups is 1. The summed E-state index contributed by atoms with van der Waals surface area (Å²) in [6.45, 7) is 0. The third-order valence-corrected chi connectivity index (χ3v) is 3.47. The fourth-order valence-corrected chi connectivity index (χ4v) is 2.22. The lowest BCUT2D eigenvalue weighted by Crippen LogP contribution is -2.13. The van der Waals surface area contributed by atoms with Crippen molar-refractivity contribution in [3.63, 3.8) is 0 Å². The smallest absolute Gasteiger partial charge is 0.138 e. The van der Waals surface area contributed by atoms with Gasteiger partial charge in [0.05, 0.1) is 12.8 Å². The lowest BCUT2D eigenvalue weighted by Gasteiger charge is -2.11. The summed E-state index contributed by atoms with van der Waals surface area (Å²) in [4.78, 5) is 4.62. The van der Waals surface area contributed by atoms with Crippen molar-refractivity contribution in [1.29, 1.82) is 0 Å². The molecule has 1 N–H and O–H groups in total. The van der Waals surface area contributed by atoms with Crippen LogP contribution >= 0.6 is 12.4 Å². The van der Waals surface area contributed by atoms with E-state index in [1.807, 2.05) is 54.6 Å². The van der Waals surface area contributed by atoms with Crippen LogP contribution in [0.4, 0.5) is 15.8 Å². The maximum absolute atomic E-state index is 13.1. The highest BCUT2D eigenvalue weighted by atomic mass is 35.5. The lowest BCUT2D eigenvalue weighted by atomic mass is 10.2. The number of nitrogens with one attached hydrogen (secondary N) is 1. The Balaban J connectivity index is 0.00000225. The van der Waals surface area contributed by atoms with Crippen LogP contribution in [-0.4, -0.2) is 12.9 Å². The van der Waals surface area contributed by atoms with Crippen LogP contribution in [0.15, 0.2) is 83.9 Å². The van der Waals surface area contributed by atoms with Crippen LogP contribution < -0.4 is 10.1 Å². The zero-order valence-electron chi connectivity index (χ0n) is 13.6. The van der Waals surface area contributed by atoms with E-state index in [9.17, 15) is 4.39 Å². The number of halogens is 2. The SMILES string of the molecule is COc1ccc(C(=Nc2ccc(F)cc2)Nc2ccccc2)cc1.Cl. The summed E-state index contributed by atoms with van der Waals surface area (Å²) in [6, 6.07) is 23.5. The molecule has 0 aromatic heterocycles. The molecule has 3 nitrogen and oxygen atoms in total. The highest BCUT2D eigenvalue weighted by Crippen LogP contribution is 2.18. The summed E-state index contributed by atoms with van der Waals surface area (Å²) >= 11 is 0. The van der Waals surface area contributed by atoms with Crippen molar-refractivity contribution in [2.24, 2.45) is 4.99 Å². The fraction of sp³-hybridized carbons (Fsp3) is 0.0500. The van der Waals surface area contributed by atoms with Crippen LogP contribution in [0.2, 0.25) is 0 Å². The van der Waals surface area contributed by atoms with Crippen LogP contribution in [0, 0.1) is 5.82 Å². The molecule has 0 heterocycles. The van der Waals surface area contributed by atoms with Gasteiger partial charge in [-0.05, 0) is 60.7 Å². The minimum atomic E-state index is -0.282. The zero-order chi connectivity index (χ0) is 16.8. The van der Waals surface area contributed by atoms with Crippen LogP contribution in [0.1, 0.15) is 5.56 Å². The van der Waals surface area contributed by atoms with E-state index in [-0.39, 0.29) is 18.2 Å². The van der Waals surface area contributed by atoms with Crippen molar-refractivity contribution in [3.05, 3.63) is 90.2 Å². The molecule has 3 rings (SSSR count). The number of nitrogens with zero attached hydrogens (tertiary/aromatic N) is 1. The van der Waals surface area contributed by atoms with E-state index < -0.39 is 0 Å². The molecule has 0 fully saturated rings. The molecule has 0 aliphatic rings. The second kappa shape index (κ2) is 8.85. The standard InChI is InChI=1S/C20H17FN2O.ClH/c1-24-19-13-7-15(8-14-19)20(22-17-5-3-2-4-6-17)23-18-11-9-16(21)10-12-18;/h2-14H,1H3,(H,22,23);1H. The molecule has 0 radical (unpaired) electrons. The average Bonchev–Trinajstić information content (AvgIpc) is 2.64. The summed E-state index contributed by atoms with van der Waals surface area (Å²) in [7, 11) is 1.63. The normalized spacial score (nSPS) is 10.7. The molecule has 3 aromatic rings. The Kier molecular flexibility index (Phi) is 6.54. The van der Waals surface area contributed by atoms with Gasteiger partial charge in [0.25, 0.3) is 0 Å². The van der Waals surface area contributed by atoms with Crippen molar-refractivity contribution >= 4 is 29.6 Å². The monoisotopic (exact) mass is 356 g/mol. The molecule has 0 unspecified atom stereocenters. The quantitative estimate of drug-likeness (QED) is 0.498. The Morgan fingerprint density at radius 1 is 0.880 bits per heavy atom. The molecule has 0 amide bonds. The molecule has 3 aromatic carbocycles. The molecule has 0 spiro atoms. The Labute approximate surface area is 152 Å². The van der Waals surface area contributed by atoms with Gasteiger partial charge in [-0.25, -0.2) is 9.38 Å². The van der Waals surface area contributed by atoms with Gasteiger partial charge in [-0.1, -0.05) is 18.2 Å². The van der Waals surface area contributed by atoms with Crippen molar-refractivity contribution in [2.75, 3.05) is 12.4 Å². The van der Waals surface area contributed by atoms with E-state index in [0.717, 1.165) is 17.0 Å². The van der Waals surface area contributed by atoms with Gasteiger partial charge < -0.3 is 10.1 Å². The van der Waals surface area contributed by atoms with Crippen molar-refractivity contribution in [2.45, 2.75) is 0 Å². The van der Waals surface area contributed by atoms with Gasteiger partial charge >= 0.3 is 0 Å². The molecule has 0 saturated carbocycles. The molecule has 0 bridgehead atoms. The number of para-hydroxylation sites is 1. The minimum Gasteiger partial charge on any atom is -0.497 e. The second-order valence-corrected chi connectivity index (χ2v) is 5.16. The van der Waals surface area contributed by atoms with Gasteiger partial charge in [-0.3, -0.25) is 0 Å². The first kappa shape index (κ1) is 18.5. The number of amidine groups is 1. The molecule has 25 heavy (non-hydrogen) atoms. The summed E-state index contributed by atoms with van der Waals surface area (Å²) in [6.07, 6.45) is 0. The highest BCUT2D eigenvalue weighted by molar-refractivity contribution is 6.09. The van der Waals surface area contributed by atoms with Crippen LogP contribution in [0.3, 0.4) is 0 Å². The summed E-state index contributed by atoms with van der Waals surface area (Å²) in [5.74, 6) is 1.17. The Morgan fingerprint density at radius 3 is 2.12 bits per heavy atom. The van der Waals surface area contributed by atoms with Crippen LogP contribution in [0.25, 0.3) is 0 Å². The largest absolute Gasteiger partial charge is 0.497 e. The number of hydrogen-bond acceptors (Lipinski definition) is 2. The van der Waals surface area contributed by atoms with E-state index in [0.29, 0.717) is 11.5 Å². The molecule has 0 saturated heterocycles. The average molecular weight is 357 g/mol. The Bertz CT molecular complexity index is 819. The van der Waals surface area contributed by atoms with E-state index in [4.69, 9.17) is 4.74 Å². The molecule has 0 aliphatic heterocycles. The minimum absolute atomic E-state index is 0. The number of ether oxygens (including phenoxy) is 1. The van der Waals surface area contributed by atoms with Gasteiger partial charge in [-0.15, -0.1) is 12.4 Å². The molecule has 0 aliphatic carbocycles.